The number of hydrogen-bond donors (Lipinski definition) is 2. The second-order valence-electron chi connectivity index (χ2n) is 4.77. The molecule has 0 spiro atoms. The molecule has 0 bridgehead atoms. The van der Waals surface area contributed by atoms with E-state index >= 15 is 0 Å². The normalized spacial score (nSPS) is 14.1. The van der Waals surface area contributed by atoms with Crippen molar-refractivity contribution in [2.24, 2.45) is 11.7 Å². The highest BCUT2D eigenvalue weighted by molar-refractivity contribution is 5.82. The van der Waals surface area contributed by atoms with Crippen LogP contribution in [-0.4, -0.2) is 19.1 Å². The van der Waals surface area contributed by atoms with Crippen molar-refractivity contribution in [1.82, 2.24) is 5.32 Å². The summed E-state index contributed by atoms with van der Waals surface area (Å²) in [7, 11) is 1.63. The number of methoxy groups -OCH3 is 1. The number of carbonyl (C=O) groups excluding carboxylic acids is 1. The minimum absolute atomic E-state index is 0.0618. The largest absolute Gasteiger partial charge is 0.497 e. The van der Waals surface area contributed by atoms with Crippen molar-refractivity contribution in [1.29, 1.82) is 0 Å². The van der Waals surface area contributed by atoms with E-state index in [1.165, 1.54) is 0 Å². The van der Waals surface area contributed by atoms with Gasteiger partial charge < -0.3 is 15.8 Å². The van der Waals surface area contributed by atoms with Gasteiger partial charge in [-0.05, 0) is 30.5 Å². The van der Waals surface area contributed by atoms with Gasteiger partial charge in [0.05, 0.1) is 19.2 Å². The van der Waals surface area contributed by atoms with E-state index in [1.807, 2.05) is 45.0 Å². The van der Waals surface area contributed by atoms with Gasteiger partial charge in [-0.25, -0.2) is 0 Å². The molecule has 0 fully saturated rings. The molecule has 0 aromatic heterocycles. The lowest BCUT2D eigenvalue weighted by Gasteiger charge is -2.20. The minimum Gasteiger partial charge on any atom is -0.497 e. The second-order valence-corrected chi connectivity index (χ2v) is 4.77. The second kappa shape index (κ2) is 6.40. The maximum atomic E-state index is 11.8. The highest BCUT2D eigenvalue weighted by Gasteiger charge is 2.19. The summed E-state index contributed by atoms with van der Waals surface area (Å²) in [6.45, 7) is 5.80. The first kappa shape index (κ1) is 14.5. The van der Waals surface area contributed by atoms with Crippen molar-refractivity contribution in [3.05, 3.63) is 29.8 Å². The third-order valence-electron chi connectivity index (χ3n) is 3.00. The molecule has 4 heteroatoms. The van der Waals surface area contributed by atoms with E-state index in [2.05, 4.69) is 5.32 Å². The van der Waals surface area contributed by atoms with E-state index in [0.717, 1.165) is 11.3 Å². The first-order valence-corrected chi connectivity index (χ1v) is 6.15. The molecule has 2 atom stereocenters. The minimum atomic E-state index is -0.467. The molecule has 100 valence electrons. The van der Waals surface area contributed by atoms with Crippen molar-refractivity contribution in [3.8, 4) is 5.75 Å². The summed E-state index contributed by atoms with van der Waals surface area (Å²) >= 11 is 0. The average Bonchev–Trinajstić information content (AvgIpc) is 2.37. The number of nitrogens with two attached hydrogens (primary N) is 1. The fourth-order valence-electron chi connectivity index (χ4n) is 1.59. The van der Waals surface area contributed by atoms with Crippen LogP contribution < -0.4 is 15.8 Å². The highest BCUT2D eigenvalue weighted by Crippen LogP contribution is 2.17. The number of rotatable bonds is 5. The van der Waals surface area contributed by atoms with Crippen molar-refractivity contribution in [2.45, 2.75) is 32.9 Å². The van der Waals surface area contributed by atoms with Crippen LogP contribution in [0.1, 0.15) is 32.4 Å². The van der Waals surface area contributed by atoms with Crippen LogP contribution in [-0.2, 0) is 4.79 Å². The molecule has 0 aliphatic rings. The van der Waals surface area contributed by atoms with Gasteiger partial charge in [0, 0.05) is 0 Å². The molecule has 0 saturated carbocycles. The first-order chi connectivity index (χ1) is 8.45. The van der Waals surface area contributed by atoms with Gasteiger partial charge >= 0.3 is 0 Å². The Bertz CT molecular complexity index is 387. The van der Waals surface area contributed by atoms with Gasteiger partial charge in [0.2, 0.25) is 5.91 Å². The molecule has 0 aliphatic heterocycles. The van der Waals surface area contributed by atoms with Crippen LogP contribution in [0.25, 0.3) is 0 Å². The van der Waals surface area contributed by atoms with Gasteiger partial charge in [-0.2, -0.15) is 0 Å². The fourth-order valence-corrected chi connectivity index (χ4v) is 1.59. The molecule has 0 unspecified atom stereocenters. The smallest absolute Gasteiger partial charge is 0.237 e. The summed E-state index contributed by atoms with van der Waals surface area (Å²) in [5, 5.41) is 2.91. The molecule has 1 rings (SSSR count). The van der Waals surface area contributed by atoms with Crippen LogP contribution in [0, 0.1) is 5.92 Å². The van der Waals surface area contributed by atoms with E-state index < -0.39 is 6.04 Å². The molecule has 1 aromatic rings. The first-order valence-electron chi connectivity index (χ1n) is 6.15. The Balaban J connectivity index is 2.64. The van der Waals surface area contributed by atoms with Crippen LogP contribution in [0.2, 0.25) is 0 Å². The Labute approximate surface area is 109 Å². The molecule has 1 aromatic carbocycles. The maximum absolute atomic E-state index is 11.8. The lowest BCUT2D eigenvalue weighted by molar-refractivity contribution is -0.123. The van der Waals surface area contributed by atoms with E-state index in [4.69, 9.17) is 10.5 Å². The number of benzene rings is 1. The summed E-state index contributed by atoms with van der Waals surface area (Å²) < 4.78 is 5.09. The number of amides is 1. The molecule has 0 heterocycles. The summed E-state index contributed by atoms with van der Waals surface area (Å²) in [6, 6.07) is 7.09. The van der Waals surface area contributed by atoms with E-state index in [1.54, 1.807) is 7.11 Å². The molecular formula is C14H22N2O2. The Morgan fingerprint density at radius 2 is 1.78 bits per heavy atom. The van der Waals surface area contributed by atoms with Crippen LogP contribution in [0.5, 0.6) is 5.75 Å². The molecule has 1 amide bonds. The van der Waals surface area contributed by atoms with Crippen LogP contribution in [0.3, 0.4) is 0 Å². The van der Waals surface area contributed by atoms with Crippen LogP contribution >= 0.6 is 0 Å². The van der Waals surface area contributed by atoms with Crippen molar-refractivity contribution >= 4 is 5.91 Å². The summed E-state index contributed by atoms with van der Waals surface area (Å²) in [6.07, 6.45) is 0. The molecule has 0 aliphatic carbocycles. The lowest BCUT2D eigenvalue weighted by atomic mass is 10.0. The molecular weight excluding hydrogens is 228 g/mol. The average molecular weight is 250 g/mol. The molecule has 0 saturated heterocycles. The zero-order chi connectivity index (χ0) is 13.7. The zero-order valence-corrected chi connectivity index (χ0v) is 11.4. The molecule has 18 heavy (non-hydrogen) atoms. The Kier molecular flexibility index (Phi) is 5.16. The van der Waals surface area contributed by atoms with Crippen molar-refractivity contribution in [3.63, 3.8) is 0 Å². The van der Waals surface area contributed by atoms with E-state index in [9.17, 15) is 4.79 Å². The van der Waals surface area contributed by atoms with Gasteiger partial charge in [0.1, 0.15) is 5.75 Å². The quantitative estimate of drug-likeness (QED) is 0.838. The van der Waals surface area contributed by atoms with Gasteiger partial charge in [-0.1, -0.05) is 26.0 Å². The predicted octanol–water partition coefficient (Wildman–Crippen LogP) is 1.86. The number of ether oxygens (including phenoxy) is 1. The maximum Gasteiger partial charge on any atom is 0.237 e. The van der Waals surface area contributed by atoms with Crippen molar-refractivity contribution < 1.29 is 9.53 Å². The Morgan fingerprint density at radius 1 is 1.22 bits per heavy atom. The summed E-state index contributed by atoms with van der Waals surface area (Å²) in [5.41, 5.74) is 6.83. The Hall–Kier alpha value is -1.55. The van der Waals surface area contributed by atoms with Gasteiger partial charge in [-0.15, -0.1) is 0 Å². The fraction of sp³-hybridized carbons (Fsp3) is 0.500. The van der Waals surface area contributed by atoms with Crippen LogP contribution in [0.4, 0.5) is 0 Å². The Morgan fingerprint density at radius 3 is 2.22 bits per heavy atom. The van der Waals surface area contributed by atoms with Gasteiger partial charge in [0.15, 0.2) is 0 Å². The van der Waals surface area contributed by atoms with Gasteiger partial charge in [-0.3, -0.25) is 4.79 Å². The monoisotopic (exact) mass is 250 g/mol. The molecule has 3 N–H and O–H groups in total. The van der Waals surface area contributed by atoms with E-state index in [0.29, 0.717) is 0 Å². The summed E-state index contributed by atoms with van der Waals surface area (Å²) in [4.78, 5) is 11.8. The van der Waals surface area contributed by atoms with E-state index in [-0.39, 0.29) is 17.9 Å². The van der Waals surface area contributed by atoms with Gasteiger partial charge in [0.25, 0.3) is 0 Å². The number of nitrogens with one attached hydrogen (secondary N) is 1. The molecule has 4 nitrogen and oxygen atoms in total. The lowest BCUT2D eigenvalue weighted by Crippen LogP contribution is -2.44. The SMILES string of the molecule is COc1ccc([C@H](C)NC(=O)[C@@H](N)C(C)C)cc1. The summed E-state index contributed by atoms with van der Waals surface area (Å²) in [5.74, 6) is 0.817. The number of carbonyl (C=O) groups is 1. The van der Waals surface area contributed by atoms with Crippen LogP contribution in [0.15, 0.2) is 24.3 Å². The number of hydrogen-bond acceptors (Lipinski definition) is 3. The third kappa shape index (κ3) is 3.74. The van der Waals surface area contributed by atoms with Crippen molar-refractivity contribution in [2.75, 3.05) is 7.11 Å². The third-order valence-corrected chi connectivity index (χ3v) is 3.00. The topological polar surface area (TPSA) is 64.3 Å². The zero-order valence-electron chi connectivity index (χ0n) is 11.4. The predicted molar refractivity (Wildman–Crippen MR) is 72.4 cm³/mol. The molecule has 0 radical (unpaired) electrons. The highest BCUT2D eigenvalue weighted by atomic mass is 16.5. The standard InChI is InChI=1S/C14H22N2O2/c1-9(2)13(15)14(17)16-10(3)11-5-7-12(18-4)8-6-11/h5-10,13H,15H2,1-4H3,(H,16,17)/t10-,13-/m0/s1.